The molecule has 3 unspecified atom stereocenters. The molecule has 0 aliphatic carbocycles. The Hall–Kier alpha value is -1.81. The van der Waals surface area contributed by atoms with E-state index in [1.54, 1.807) is 6.26 Å². The van der Waals surface area contributed by atoms with Crippen LogP contribution in [-0.4, -0.2) is 58.9 Å². The van der Waals surface area contributed by atoms with Crippen LogP contribution in [0.3, 0.4) is 0 Å². The molecular formula is C12H22N4O5S. The summed E-state index contributed by atoms with van der Waals surface area (Å²) in [6, 6.07) is -3.25. The van der Waals surface area contributed by atoms with Gasteiger partial charge in [-0.1, -0.05) is 0 Å². The number of carboxylic acid groups (broad SMARTS) is 1. The van der Waals surface area contributed by atoms with Crippen molar-refractivity contribution in [1.29, 1.82) is 0 Å². The third-order valence-electron chi connectivity index (χ3n) is 2.68. The monoisotopic (exact) mass is 334 g/mol. The van der Waals surface area contributed by atoms with Crippen molar-refractivity contribution < 1.29 is 24.3 Å². The highest BCUT2D eigenvalue weighted by atomic mass is 32.2. The Kier molecular flexibility index (Phi) is 9.18. The molecule has 0 aromatic rings. The fourth-order valence-electron chi connectivity index (χ4n) is 1.48. The summed E-state index contributed by atoms with van der Waals surface area (Å²) in [6.07, 6.45) is 1.57. The molecule has 0 saturated carbocycles. The van der Waals surface area contributed by atoms with Gasteiger partial charge in [-0.3, -0.25) is 14.4 Å². The Morgan fingerprint density at radius 1 is 1.14 bits per heavy atom. The number of hydrogen-bond donors (Lipinski definition) is 5. The van der Waals surface area contributed by atoms with E-state index >= 15 is 0 Å². The summed E-state index contributed by atoms with van der Waals surface area (Å²) in [5, 5.41) is 13.6. The summed E-state index contributed by atoms with van der Waals surface area (Å²) in [4.78, 5) is 45.7. The van der Waals surface area contributed by atoms with E-state index in [0.29, 0.717) is 5.75 Å². The largest absolute Gasteiger partial charge is 0.480 e. The normalized spacial score (nSPS) is 14.5. The standard InChI is InChI=1S/C12H22N4O5S/c1-6(13)10(18)16-8(5-9(14)17)11(19)15-7(12(20)21)3-4-22-2/h6-8H,3-5,13H2,1-2H3,(H2,14,17)(H,15,19)(H,16,18)(H,20,21). The minimum atomic E-state index is -1.26. The smallest absolute Gasteiger partial charge is 0.326 e. The van der Waals surface area contributed by atoms with Gasteiger partial charge in [0.1, 0.15) is 12.1 Å². The van der Waals surface area contributed by atoms with E-state index in [1.807, 2.05) is 0 Å². The van der Waals surface area contributed by atoms with Crippen molar-refractivity contribution in [2.24, 2.45) is 11.5 Å². The topological polar surface area (TPSA) is 165 Å². The number of carboxylic acids is 1. The quantitative estimate of drug-likeness (QED) is 0.309. The molecule has 0 saturated heterocycles. The van der Waals surface area contributed by atoms with Crippen LogP contribution in [0.5, 0.6) is 0 Å². The van der Waals surface area contributed by atoms with Gasteiger partial charge >= 0.3 is 5.97 Å². The van der Waals surface area contributed by atoms with Crippen molar-refractivity contribution in [2.45, 2.75) is 37.9 Å². The predicted octanol–water partition coefficient (Wildman–Crippen LogP) is -1.98. The lowest BCUT2D eigenvalue weighted by Crippen LogP contribution is -2.55. The molecular weight excluding hydrogens is 312 g/mol. The van der Waals surface area contributed by atoms with E-state index in [2.05, 4.69) is 10.6 Å². The van der Waals surface area contributed by atoms with Crippen LogP contribution in [0, 0.1) is 0 Å². The van der Waals surface area contributed by atoms with Crippen LogP contribution < -0.4 is 22.1 Å². The molecule has 0 fully saturated rings. The van der Waals surface area contributed by atoms with Crippen molar-refractivity contribution >= 4 is 35.5 Å². The Bertz CT molecular complexity index is 430. The molecule has 0 radical (unpaired) electrons. The second-order valence-electron chi connectivity index (χ2n) is 4.70. The second-order valence-corrected chi connectivity index (χ2v) is 5.69. The summed E-state index contributed by atoms with van der Waals surface area (Å²) in [6.45, 7) is 1.41. The van der Waals surface area contributed by atoms with Gasteiger partial charge in [0.25, 0.3) is 0 Å². The Morgan fingerprint density at radius 2 is 1.68 bits per heavy atom. The number of carbonyl (C=O) groups excluding carboxylic acids is 3. The van der Waals surface area contributed by atoms with Gasteiger partial charge in [-0.15, -0.1) is 0 Å². The molecule has 0 heterocycles. The van der Waals surface area contributed by atoms with Crippen molar-refractivity contribution in [3.05, 3.63) is 0 Å². The first-order chi connectivity index (χ1) is 10.2. The van der Waals surface area contributed by atoms with Crippen LogP contribution >= 0.6 is 11.8 Å². The van der Waals surface area contributed by atoms with Crippen LogP contribution in [0.25, 0.3) is 0 Å². The predicted molar refractivity (Wildman–Crippen MR) is 82.0 cm³/mol. The van der Waals surface area contributed by atoms with Gasteiger partial charge in [-0.2, -0.15) is 11.8 Å². The van der Waals surface area contributed by atoms with Gasteiger partial charge in [0.15, 0.2) is 0 Å². The summed E-state index contributed by atoms with van der Waals surface area (Å²) in [5.74, 6) is -2.90. The van der Waals surface area contributed by atoms with Crippen LogP contribution in [-0.2, 0) is 19.2 Å². The molecule has 3 amide bonds. The number of amides is 3. The highest BCUT2D eigenvalue weighted by Crippen LogP contribution is 2.02. The average molecular weight is 334 g/mol. The SMILES string of the molecule is CSCCC(NC(=O)C(CC(N)=O)NC(=O)C(C)N)C(=O)O. The first-order valence-corrected chi connectivity index (χ1v) is 7.94. The van der Waals surface area contributed by atoms with Gasteiger partial charge in [-0.25, -0.2) is 4.79 Å². The number of nitrogens with one attached hydrogen (secondary N) is 2. The van der Waals surface area contributed by atoms with E-state index in [4.69, 9.17) is 16.6 Å². The number of hydrogen-bond acceptors (Lipinski definition) is 6. The summed E-state index contributed by atoms with van der Waals surface area (Å²) < 4.78 is 0. The van der Waals surface area contributed by atoms with E-state index in [9.17, 15) is 19.2 Å². The minimum Gasteiger partial charge on any atom is -0.480 e. The molecule has 3 atom stereocenters. The summed E-state index contributed by atoms with van der Waals surface area (Å²) in [7, 11) is 0. The third kappa shape index (κ3) is 7.84. The maximum absolute atomic E-state index is 12.1. The molecule has 0 aromatic carbocycles. The highest BCUT2D eigenvalue weighted by Gasteiger charge is 2.28. The number of thioether (sulfide) groups is 1. The number of aliphatic carboxylic acids is 1. The van der Waals surface area contributed by atoms with Crippen molar-refractivity contribution in [3.8, 4) is 0 Å². The lowest BCUT2D eigenvalue weighted by Gasteiger charge is -2.21. The fourth-order valence-corrected chi connectivity index (χ4v) is 1.95. The molecule has 0 aliphatic heterocycles. The highest BCUT2D eigenvalue weighted by molar-refractivity contribution is 7.98. The van der Waals surface area contributed by atoms with Crippen LogP contribution in [0.1, 0.15) is 19.8 Å². The second kappa shape index (κ2) is 10.0. The molecule has 126 valence electrons. The Labute approximate surface area is 132 Å². The van der Waals surface area contributed by atoms with Crippen LogP contribution in [0.15, 0.2) is 0 Å². The zero-order valence-electron chi connectivity index (χ0n) is 12.5. The van der Waals surface area contributed by atoms with Crippen molar-refractivity contribution in [2.75, 3.05) is 12.0 Å². The van der Waals surface area contributed by atoms with E-state index in [0.717, 1.165) is 0 Å². The first-order valence-electron chi connectivity index (χ1n) is 6.55. The average Bonchev–Trinajstić information content (AvgIpc) is 2.41. The Balaban J connectivity index is 4.89. The summed E-state index contributed by atoms with van der Waals surface area (Å²) >= 11 is 1.43. The van der Waals surface area contributed by atoms with Crippen molar-refractivity contribution in [1.82, 2.24) is 10.6 Å². The maximum Gasteiger partial charge on any atom is 0.326 e. The maximum atomic E-state index is 12.1. The number of rotatable bonds is 10. The molecule has 10 heteroatoms. The Morgan fingerprint density at radius 3 is 2.09 bits per heavy atom. The van der Waals surface area contributed by atoms with Gasteiger partial charge in [0.2, 0.25) is 17.7 Å². The van der Waals surface area contributed by atoms with Gasteiger partial charge in [-0.05, 0) is 25.4 Å². The van der Waals surface area contributed by atoms with Gasteiger partial charge in [0, 0.05) is 0 Å². The van der Waals surface area contributed by atoms with Crippen molar-refractivity contribution in [3.63, 3.8) is 0 Å². The van der Waals surface area contributed by atoms with E-state index < -0.39 is 48.2 Å². The van der Waals surface area contributed by atoms with Crippen LogP contribution in [0.4, 0.5) is 0 Å². The van der Waals surface area contributed by atoms with E-state index in [-0.39, 0.29) is 6.42 Å². The zero-order valence-corrected chi connectivity index (χ0v) is 13.3. The molecule has 0 aromatic heterocycles. The fraction of sp³-hybridized carbons (Fsp3) is 0.667. The third-order valence-corrected chi connectivity index (χ3v) is 3.32. The molecule has 0 bridgehead atoms. The zero-order chi connectivity index (χ0) is 17.3. The van der Waals surface area contributed by atoms with Gasteiger partial charge < -0.3 is 27.2 Å². The molecule has 9 nitrogen and oxygen atoms in total. The number of carbonyl (C=O) groups is 4. The van der Waals surface area contributed by atoms with Crippen LogP contribution in [0.2, 0.25) is 0 Å². The summed E-state index contributed by atoms with van der Waals surface area (Å²) in [5.41, 5.74) is 10.4. The first kappa shape index (κ1) is 20.2. The minimum absolute atomic E-state index is 0.215. The van der Waals surface area contributed by atoms with Gasteiger partial charge in [0.05, 0.1) is 12.5 Å². The molecule has 0 spiro atoms. The molecule has 22 heavy (non-hydrogen) atoms. The number of primary amides is 1. The molecule has 7 N–H and O–H groups in total. The van der Waals surface area contributed by atoms with E-state index in [1.165, 1.54) is 18.7 Å². The molecule has 0 rings (SSSR count). The molecule has 0 aliphatic rings. The lowest BCUT2D eigenvalue weighted by molar-refractivity contribution is -0.142. The lowest BCUT2D eigenvalue weighted by atomic mass is 10.1. The number of nitrogens with two attached hydrogens (primary N) is 2.